The van der Waals surface area contributed by atoms with Crippen LogP contribution in [-0.4, -0.2) is 47.6 Å². The van der Waals surface area contributed by atoms with E-state index in [1.54, 1.807) is 0 Å². The minimum Gasteiger partial charge on any atom is -0.481 e. The highest BCUT2D eigenvalue weighted by Gasteiger charge is 2.41. The molecular formula is C14H24N2O3. The van der Waals surface area contributed by atoms with Crippen LogP contribution in [-0.2, 0) is 9.59 Å². The van der Waals surface area contributed by atoms with Crippen molar-refractivity contribution in [3.8, 4) is 0 Å². The number of rotatable bonds is 2. The van der Waals surface area contributed by atoms with Crippen molar-refractivity contribution in [3.05, 3.63) is 0 Å². The van der Waals surface area contributed by atoms with Crippen LogP contribution in [0.2, 0.25) is 0 Å². The lowest BCUT2D eigenvalue weighted by Crippen LogP contribution is -2.55. The molecule has 0 aromatic rings. The van der Waals surface area contributed by atoms with Gasteiger partial charge in [-0.3, -0.25) is 9.59 Å². The molecule has 0 aliphatic carbocycles. The zero-order valence-corrected chi connectivity index (χ0v) is 11.8. The van der Waals surface area contributed by atoms with Gasteiger partial charge in [0.1, 0.15) is 0 Å². The van der Waals surface area contributed by atoms with Gasteiger partial charge in [0.15, 0.2) is 0 Å². The van der Waals surface area contributed by atoms with Gasteiger partial charge in [-0.25, -0.2) is 0 Å². The van der Waals surface area contributed by atoms with Gasteiger partial charge < -0.3 is 15.3 Å². The molecule has 2 saturated heterocycles. The first-order valence-corrected chi connectivity index (χ1v) is 7.18. The minimum atomic E-state index is -0.732. The van der Waals surface area contributed by atoms with E-state index in [1.165, 1.54) is 0 Å². The second kappa shape index (κ2) is 5.49. The molecule has 1 amide bonds. The van der Waals surface area contributed by atoms with E-state index in [4.69, 9.17) is 5.11 Å². The number of nitrogens with one attached hydrogen (secondary N) is 1. The summed E-state index contributed by atoms with van der Waals surface area (Å²) in [6, 6.07) is 0.0288. The Kier molecular flexibility index (Phi) is 4.13. The number of piperidine rings is 2. The predicted octanol–water partition coefficient (Wildman–Crippen LogP) is 1.09. The van der Waals surface area contributed by atoms with E-state index in [0.29, 0.717) is 19.4 Å². The molecule has 0 radical (unpaired) electrons. The molecule has 0 spiro atoms. The monoisotopic (exact) mass is 268 g/mol. The number of carbonyl (C=O) groups excluding carboxylic acids is 1. The number of hydrogen-bond donors (Lipinski definition) is 2. The van der Waals surface area contributed by atoms with Gasteiger partial charge in [0.05, 0.1) is 11.3 Å². The Balaban J connectivity index is 2.02. The summed E-state index contributed by atoms with van der Waals surface area (Å²) < 4.78 is 0. The van der Waals surface area contributed by atoms with Crippen molar-refractivity contribution in [2.24, 2.45) is 11.3 Å². The maximum atomic E-state index is 12.7. The van der Waals surface area contributed by atoms with Gasteiger partial charge >= 0.3 is 5.97 Å². The highest BCUT2D eigenvalue weighted by Crippen LogP contribution is 2.32. The van der Waals surface area contributed by atoms with Crippen LogP contribution in [0.4, 0.5) is 0 Å². The fraction of sp³-hybridized carbons (Fsp3) is 0.857. The predicted molar refractivity (Wildman–Crippen MR) is 71.7 cm³/mol. The summed E-state index contributed by atoms with van der Waals surface area (Å²) in [6.07, 6.45) is 3.10. The SMILES string of the molecule is CC1CC(C(=O)O)CCN1C(=O)C1(C)CCCNC1. The summed E-state index contributed by atoms with van der Waals surface area (Å²) in [5.74, 6) is -0.836. The number of aliphatic carboxylic acids is 1. The maximum absolute atomic E-state index is 12.7. The number of carboxylic acid groups (broad SMARTS) is 1. The number of nitrogens with zero attached hydrogens (tertiary/aromatic N) is 1. The van der Waals surface area contributed by atoms with Gasteiger partial charge in [-0.05, 0) is 46.1 Å². The van der Waals surface area contributed by atoms with E-state index in [2.05, 4.69) is 5.32 Å². The van der Waals surface area contributed by atoms with Crippen molar-refractivity contribution in [2.75, 3.05) is 19.6 Å². The summed E-state index contributed by atoms with van der Waals surface area (Å²) in [4.78, 5) is 25.6. The van der Waals surface area contributed by atoms with Crippen LogP contribution >= 0.6 is 0 Å². The summed E-state index contributed by atoms with van der Waals surface area (Å²) >= 11 is 0. The second-order valence-electron chi connectivity index (χ2n) is 6.25. The molecule has 5 nitrogen and oxygen atoms in total. The number of carbonyl (C=O) groups is 2. The van der Waals surface area contributed by atoms with Crippen molar-refractivity contribution in [3.63, 3.8) is 0 Å². The third kappa shape index (κ3) is 2.91. The van der Waals surface area contributed by atoms with Crippen molar-refractivity contribution in [1.82, 2.24) is 10.2 Å². The topological polar surface area (TPSA) is 69.6 Å². The summed E-state index contributed by atoms with van der Waals surface area (Å²) in [5, 5.41) is 12.4. The lowest BCUT2D eigenvalue weighted by atomic mass is 9.80. The van der Waals surface area contributed by atoms with Crippen LogP contribution < -0.4 is 5.32 Å². The molecule has 0 bridgehead atoms. The van der Waals surface area contributed by atoms with E-state index >= 15 is 0 Å². The number of amides is 1. The van der Waals surface area contributed by atoms with Crippen LogP contribution in [0.1, 0.15) is 39.5 Å². The molecule has 2 heterocycles. The minimum absolute atomic E-state index is 0.0288. The molecule has 2 N–H and O–H groups in total. The van der Waals surface area contributed by atoms with Gasteiger partial charge in [0, 0.05) is 19.1 Å². The fourth-order valence-corrected chi connectivity index (χ4v) is 3.28. The molecule has 0 aromatic heterocycles. The third-order valence-corrected chi connectivity index (χ3v) is 4.60. The molecule has 3 unspecified atom stereocenters. The maximum Gasteiger partial charge on any atom is 0.306 e. The first-order chi connectivity index (χ1) is 8.94. The average molecular weight is 268 g/mol. The van der Waals surface area contributed by atoms with Gasteiger partial charge in [0.2, 0.25) is 5.91 Å². The van der Waals surface area contributed by atoms with Crippen LogP contribution in [0.5, 0.6) is 0 Å². The molecule has 2 rings (SSSR count). The van der Waals surface area contributed by atoms with E-state index in [1.807, 2.05) is 18.7 Å². The molecule has 108 valence electrons. The van der Waals surface area contributed by atoms with Crippen LogP contribution in [0.3, 0.4) is 0 Å². The quantitative estimate of drug-likeness (QED) is 0.786. The molecular weight excluding hydrogens is 244 g/mol. The highest BCUT2D eigenvalue weighted by atomic mass is 16.4. The van der Waals surface area contributed by atoms with Gasteiger partial charge in [-0.1, -0.05) is 0 Å². The first-order valence-electron chi connectivity index (χ1n) is 7.18. The first kappa shape index (κ1) is 14.3. The lowest BCUT2D eigenvalue weighted by Gasteiger charge is -2.43. The molecule has 2 aliphatic rings. The van der Waals surface area contributed by atoms with Crippen molar-refractivity contribution < 1.29 is 14.7 Å². The van der Waals surface area contributed by atoms with Gasteiger partial charge in [0.25, 0.3) is 0 Å². The molecule has 0 aromatic carbocycles. The number of hydrogen-bond acceptors (Lipinski definition) is 3. The van der Waals surface area contributed by atoms with Gasteiger partial charge in [-0.2, -0.15) is 0 Å². The van der Waals surface area contributed by atoms with E-state index in [-0.39, 0.29) is 23.3 Å². The highest BCUT2D eigenvalue weighted by molar-refractivity contribution is 5.83. The molecule has 2 fully saturated rings. The fourth-order valence-electron chi connectivity index (χ4n) is 3.28. The smallest absolute Gasteiger partial charge is 0.306 e. The zero-order chi connectivity index (χ0) is 14.0. The number of likely N-dealkylation sites (tertiary alicyclic amines) is 1. The number of carboxylic acids is 1. The third-order valence-electron chi connectivity index (χ3n) is 4.60. The summed E-state index contributed by atoms with van der Waals surface area (Å²) in [7, 11) is 0. The second-order valence-corrected chi connectivity index (χ2v) is 6.25. The summed E-state index contributed by atoms with van der Waals surface area (Å²) in [6.45, 7) is 6.29. The zero-order valence-electron chi connectivity index (χ0n) is 11.8. The Bertz CT molecular complexity index is 364. The molecule has 0 saturated carbocycles. The standard InChI is InChI=1S/C14H24N2O3/c1-10-8-11(12(17)18)4-7-16(10)13(19)14(2)5-3-6-15-9-14/h10-11,15H,3-9H2,1-2H3,(H,17,18). The summed E-state index contributed by atoms with van der Waals surface area (Å²) in [5.41, 5.74) is -0.317. The van der Waals surface area contributed by atoms with Crippen LogP contribution in [0.15, 0.2) is 0 Å². The van der Waals surface area contributed by atoms with Crippen LogP contribution in [0, 0.1) is 11.3 Å². The van der Waals surface area contributed by atoms with E-state index < -0.39 is 5.97 Å². The Morgan fingerprint density at radius 2 is 2.16 bits per heavy atom. The Morgan fingerprint density at radius 1 is 1.42 bits per heavy atom. The van der Waals surface area contributed by atoms with Crippen LogP contribution in [0.25, 0.3) is 0 Å². The van der Waals surface area contributed by atoms with Crippen molar-refractivity contribution in [2.45, 2.75) is 45.6 Å². The molecule has 3 atom stereocenters. The molecule has 5 heteroatoms. The van der Waals surface area contributed by atoms with Crippen molar-refractivity contribution >= 4 is 11.9 Å². The average Bonchev–Trinajstić information content (AvgIpc) is 2.38. The Labute approximate surface area is 114 Å². The van der Waals surface area contributed by atoms with Crippen molar-refractivity contribution in [1.29, 1.82) is 0 Å². The Hall–Kier alpha value is -1.10. The van der Waals surface area contributed by atoms with Gasteiger partial charge in [-0.15, -0.1) is 0 Å². The molecule has 2 aliphatic heterocycles. The molecule has 19 heavy (non-hydrogen) atoms. The Morgan fingerprint density at radius 3 is 2.68 bits per heavy atom. The normalized spacial score (nSPS) is 36.0. The largest absolute Gasteiger partial charge is 0.481 e. The lowest BCUT2D eigenvalue weighted by molar-refractivity contribution is -0.152. The van der Waals surface area contributed by atoms with E-state index in [0.717, 1.165) is 25.9 Å². The van der Waals surface area contributed by atoms with E-state index in [9.17, 15) is 9.59 Å².